The van der Waals surface area contributed by atoms with Crippen molar-refractivity contribution in [3.63, 3.8) is 0 Å². The van der Waals surface area contributed by atoms with E-state index in [2.05, 4.69) is 15.0 Å². The summed E-state index contributed by atoms with van der Waals surface area (Å²) in [6.07, 6.45) is -6.57. The van der Waals surface area contributed by atoms with Crippen molar-refractivity contribution >= 4 is 11.7 Å². The number of nitrogens with one attached hydrogen (secondary N) is 1. The van der Waals surface area contributed by atoms with Crippen LogP contribution in [0.3, 0.4) is 0 Å². The van der Waals surface area contributed by atoms with Gasteiger partial charge in [0.2, 0.25) is 0 Å². The fourth-order valence-electron chi connectivity index (χ4n) is 4.20. The van der Waals surface area contributed by atoms with E-state index in [0.717, 1.165) is 4.90 Å². The third-order valence-electron chi connectivity index (χ3n) is 6.12. The lowest BCUT2D eigenvalue weighted by molar-refractivity contribution is -0.171. The van der Waals surface area contributed by atoms with Crippen molar-refractivity contribution in [2.45, 2.75) is 58.0 Å². The van der Waals surface area contributed by atoms with E-state index in [1.807, 2.05) is 0 Å². The minimum absolute atomic E-state index is 0.0819. The van der Waals surface area contributed by atoms with Crippen molar-refractivity contribution in [1.82, 2.24) is 29.6 Å². The summed E-state index contributed by atoms with van der Waals surface area (Å²) in [6, 6.07) is -4.85. The zero-order chi connectivity index (χ0) is 29.1. The SMILES string of the molecule is CCN(C(=O)NC(CCC(F)(F)F)C(F)(F)F)[C@H](C)c1ncc(OC)c(-c2cn3ccnc3c(C)n2)c1OC. The maximum absolute atomic E-state index is 13.4. The summed E-state index contributed by atoms with van der Waals surface area (Å²) in [5.74, 6) is 0.440. The van der Waals surface area contributed by atoms with E-state index in [0.29, 0.717) is 22.6 Å². The van der Waals surface area contributed by atoms with Crippen LogP contribution in [0.5, 0.6) is 11.5 Å². The van der Waals surface area contributed by atoms with Gasteiger partial charge in [-0.05, 0) is 27.2 Å². The molecule has 1 unspecified atom stereocenters. The molecular formula is C24H28F6N6O3. The lowest BCUT2D eigenvalue weighted by Gasteiger charge is -2.32. The Balaban J connectivity index is 2.01. The second-order valence-electron chi connectivity index (χ2n) is 8.65. The molecule has 0 saturated carbocycles. The van der Waals surface area contributed by atoms with E-state index < -0.39 is 43.3 Å². The van der Waals surface area contributed by atoms with Crippen LogP contribution in [-0.2, 0) is 0 Å². The Morgan fingerprint density at radius 1 is 1.15 bits per heavy atom. The Morgan fingerprint density at radius 3 is 2.41 bits per heavy atom. The fourth-order valence-corrected chi connectivity index (χ4v) is 4.20. The number of aromatic nitrogens is 4. The first-order chi connectivity index (χ1) is 18.2. The van der Waals surface area contributed by atoms with Gasteiger partial charge in [-0.1, -0.05) is 0 Å². The van der Waals surface area contributed by atoms with Gasteiger partial charge in [0.15, 0.2) is 11.4 Å². The molecule has 0 bridgehead atoms. The summed E-state index contributed by atoms with van der Waals surface area (Å²) in [5, 5.41) is 1.71. The third kappa shape index (κ3) is 6.63. The molecule has 0 aliphatic rings. The Morgan fingerprint density at radius 2 is 1.85 bits per heavy atom. The van der Waals surface area contributed by atoms with Crippen LogP contribution in [-0.4, -0.2) is 69.4 Å². The minimum atomic E-state index is -5.08. The van der Waals surface area contributed by atoms with Crippen molar-refractivity contribution in [2.24, 2.45) is 0 Å². The highest BCUT2D eigenvalue weighted by Gasteiger charge is 2.44. The molecule has 3 aromatic rings. The lowest BCUT2D eigenvalue weighted by Crippen LogP contribution is -2.51. The third-order valence-corrected chi connectivity index (χ3v) is 6.12. The van der Waals surface area contributed by atoms with Gasteiger partial charge in [-0.25, -0.2) is 14.8 Å². The number of pyridine rings is 1. The molecule has 0 spiro atoms. The van der Waals surface area contributed by atoms with E-state index >= 15 is 0 Å². The van der Waals surface area contributed by atoms with Crippen molar-refractivity contribution < 1.29 is 40.6 Å². The number of hydrogen-bond donors (Lipinski definition) is 1. The second kappa shape index (κ2) is 11.5. The first kappa shape index (κ1) is 29.8. The number of aryl methyl sites for hydroxylation is 1. The van der Waals surface area contributed by atoms with Gasteiger partial charge in [0.1, 0.15) is 17.5 Å². The van der Waals surface area contributed by atoms with Crippen LogP contribution in [0.4, 0.5) is 31.1 Å². The molecule has 3 rings (SSSR count). The number of methoxy groups -OCH3 is 2. The Hall–Kier alpha value is -3.78. The predicted octanol–water partition coefficient (Wildman–Crippen LogP) is 5.48. The zero-order valence-corrected chi connectivity index (χ0v) is 21.8. The molecule has 1 N–H and O–H groups in total. The fraction of sp³-hybridized carbons (Fsp3) is 0.500. The number of fused-ring (bicyclic) bond motifs is 1. The molecule has 0 fully saturated rings. The van der Waals surface area contributed by atoms with Crippen LogP contribution in [0.1, 0.15) is 44.1 Å². The second-order valence-corrected chi connectivity index (χ2v) is 8.65. The van der Waals surface area contributed by atoms with E-state index in [1.165, 1.54) is 34.3 Å². The van der Waals surface area contributed by atoms with Gasteiger partial charge < -0.3 is 24.1 Å². The van der Waals surface area contributed by atoms with E-state index in [9.17, 15) is 31.1 Å². The smallest absolute Gasteiger partial charge is 0.408 e. The number of carbonyl (C=O) groups is 1. The molecular weight excluding hydrogens is 534 g/mol. The largest absolute Gasteiger partial charge is 0.494 e. The topological polar surface area (TPSA) is 93.9 Å². The summed E-state index contributed by atoms with van der Waals surface area (Å²) < 4.78 is 91.0. The molecule has 0 saturated heterocycles. The van der Waals surface area contributed by atoms with Gasteiger partial charge in [0.25, 0.3) is 0 Å². The molecule has 0 aromatic carbocycles. The Labute approximate surface area is 220 Å². The van der Waals surface area contributed by atoms with Crippen LogP contribution in [0.2, 0.25) is 0 Å². The first-order valence-electron chi connectivity index (χ1n) is 11.8. The minimum Gasteiger partial charge on any atom is -0.494 e. The number of ether oxygens (including phenoxy) is 2. The lowest BCUT2D eigenvalue weighted by atomic mass is 10.0. The number of nitrogens with zero attached hydrogens (tertiary/aromatic N) is 5. The summed E-state index contributed by atoms with van der Waals surface area (Å²) in [4.78, 5) is 27.1. The van der Waals surface area contributed by atoms with Gasteiger partial charge in [0, 0.05) is 31.6 Å². The number of rotatable bonds is 9. The van der Waals surface area contributed by atoms with Gasteiger partial charge >= 0.3 is 18.4 Å². The highest BCUT2D eigenvalue weighted by atomic mass is 19.4. The van der Waals surface area contributed by atoms with Crippen LogP contribution in [0, 0.1) is 6.92 Å². The molecule has 2 atom stereocenters. The van der Waals surface area contributed by atoms with Crippen molar-refractivity contribution in [1.29, 1.82) is 0 Å². The number of halogens is 6. The van der Waals surface area contributed by atoms with Crippen LogP contribution in [0.25, 0.3) is 16.9 Å². The van der Waals surface area contributed by atoms with E-state index in [-0.39, 0.29) is 23.7 Å². The Kier molecular flexibility index (Phi) is 8.80. The van der Waals surface area contributed by atoms with Crippen molar-refractivity contribution in [2.75, 3.05) is 20.8 Å². The maximum atomic E-state index is 13.4. The highest BCUT2D eigenvalue weighted by Crippen LogP contribution is 2.42. The van der Waals surface area contributed by atoms with Crippen molar-refractivity contribution in [3.05, 3.63) is 36.2 Å². The quantitative estimate of drug-likeness (QED) is 0.347. The van der Waals surface area contributed by atoms with Gasteiger partial charge in [-0.15, -0.1) is 0 Å². The number of hydrogen-bond acceptors (Lipinski definition) is 6. The molecule has 3 aromatic heterocycles. The van der Waals surface area contributed by atoms with E-state index in [4.69, 9.17) is 9.47 Å². The number of carbonyl (C=O) groups excluding carboxylic acids is 1. The monoisotopic (exact) mass is 562 g/mol. The number of imidazole rings is 1. The van der Waals surface area contributed by atoms with Crippen LogP contribution >= 0.6 is 0 Å². The highest BCUT2D eigenvalue weighted by molar-refractivity contribution is 5.78. The standard InChI is InChI=1S/C24H28F6N6O3/c1-6-36(22(37)34-17(24(28,29)30)7-8-23(25,26)27)14(3)19-20(39-5)18(16(38-4)11-32-19)15-12-35-10-9-31-21(35)13(2)33-15/h9-12,14,17H,6-8H2,1-5H3,(H,34,37)/t14-,17?/m1/s1. The molecule has 15 heteroatoms. The molecule has 0 aliphatic heterocycles. The van der Waals surface area contributed by atoms with Gasteiger partial charge in [-0.2, -0.15) is 26.3 Å². The normalized spacial score (nSPS) is 13.7. The molecule has 39 heavy (non-hydrogen) atoms. The summed E-state index contributed by atoms with van der Waals surface area (Å²) in [5.41, 5.74) is 2.19. The Bertz CT molecular complexity index is 1310. The summed E-state index contributed by atoms with van der Waals surface area (Å²) >= 11 is 0. The molecule has 0 radical (unpaired) electrons. The van der Waals surface area contributed by atoms with Gasteiger partial charge in [0.05, 0.1) is 43.4 Å². The number of alkyl halides is 6. The molecule has 0 aliphatic carbocycles. The molecule has 9 nitrogen and oxygen atoms in total. The van der Waals surface area contributed by atoms with Crippen molar-refractivity contribution in [3.8, 4) is 22.8 Å². The molecule has 3 heterocycles. The molecule has 2 amide bonds. The number of urea groups is 1. The maximum Gasteiger partial charge on any atom is 0.408 e. The van der Waals surface area contributed by atoms with Crippen LogP contribution in [0.15, 0.2) is 24.8 Å². The summed E-state index contributed by atoms with van der Waals surface area (Å²) in [7, 11) is 2.77. The molecule has 214 valence electrons. The zero-order valence-electron chi connectivity index (χ0n) is 21.8. The number of amides is 2. The average molecular weight is 563 g/mol. The average Bonchev–Trinajstić information content (AvgIpc) is 3.34. The van der Waals surface area contributed by atoms with Crippen LogP contribution < -0.4 is 14.8 Å². The van der Waals surface area contributed by atoms with E-state index in [1.54, 1.807) is 35.2 Å². The van der Waals surface area contributed by atoms with Gasteiger partial charge in [-0.3, -0.25) is 4.98 Å². The first-order valence-corrected chi connectivity index (χ1v) is 11.8. The predicted molar refractivity (Wildman–Crippen MR) is 129 cm³/mol. The summed E-state index contributed by atoms with van der Waals surface area (Å²) in [6.45, 7) is 4.71.